The van der Waals surface area contributed by atoms with E-state index in [1.807, 2.05) is 5.32 Å². The maximum Gasteiger partial charge on any atom is 0.413 e. The number of hydrogen-bond donors (Lipinski definition) is 1. The molecule has 9 heteroatoms. The van der Waals surface area contributed by atoms with Crippen LogP contribution in [0, 0.1) is 10.1 Å². The first-order valence-electron chi connectivity index (χ1n) is 6.28. The fourth-order valence-electron chi connectivity index (χ4n) is 1.51. The van der Waals surface area contributed by atoms with E-state index in [2.05, 4.69) is 9.47 Å². The van der Waals surface area contributed by atoms with Gasteiger partial charge in [-0.05, 0) is 6.92 Å². The van der Waals surface area contributed by atoms with E-state index in [9.17, 15) is 24.5 Å². The van der Waals surface area contributed by atoms with Gasteiger partial charge in [0.05, 0.1) is 18.0 Å². The van der Waals surface area contributed by atoms with Crippen LogP contribution >= 0.6 is 0 Å². The van der Waals surface area contributed by atoms with Gasteiger partial charge >= 0.3 is 12.1 Å². The van der Waals surface area contributed by atoms with Crippen molar-refractivity contribution in [2.24, 2.45) is 0 Å². The zero-order valence-electron chi connectivity index (χ0n) is 11.7. The number of para-hydroxylation sites is 1. The predicted octanol–water partition coefficient (Wildman–Crippen LogP) is 0.953. The molecular formula is C13H14N2O7. The lowest BCUT2D eigenvalue weighted by atomic mass is 10.1. The van der Waals surface area contributed by atoms with Gasteiger partial charge in [-0.25, -0.2) is 4.79 Å². The molecule has 1 rings (SSSR count). The van der Waals surface area contributed by atoms with Crippen LogP contribution in [0.5, 0.6) is 0 Å². The minimum atomic E-state index is -0.942. The molecule has 0 saturated heterocycles. The molecule has 2 amide bonds. The van der Waals surface area contributed by atoms with E-state index in [0.29, 0.717) is 0 Å². The van der Waals surface area contributed by atoms with E-state index in [4.69, 9.17) is 0 Å². The highest BCUT2D eigenvalue weighted by Gasteiger charge is 2.17. The summed E-state index contributed by atoms with van der Waals surface area (Å²) in [5.74, 6) is -1.68. The van der Waals surface area contributed by atoms with Gasteiger partial charge < -0.3 is 9.47 Å². The summed E-state index contributed by atoms with van der Waals surface area (Å²) in [5.41, 5.74) is -0.0428. The third kappa shape index (κ3) is 5.57. The van der Waals surface area contributed by atoms with Crippen LogP contribution in [-0.4, -0.2) is 36.1 Å². The molecule has 0 saturated carbocycles. The number of nitro groups is 1. The second-order valence-corrected chi connectivity index (χ2v) is 3.99. The summed E-state index contributed by atoms with van der Waals surface area (Å²) in [6.45, 7) is 0.978. The molecule has 0 bridgehead atoms. The van der Waals surface area contributed by atoms with Gasteiger partial charge in [0.2, 0.25) is 0 Å². The van der Waals surface area contributed by atoms with E-state index in [1.165, 1.54) is 18.2 Å². The van der Waals surface area contributed by atoms with E-state index in [1.54, 1.807) is 13.0 Å². The van der Waals surface area contributed by atoms with Crippen molar-refractivity contribution in [3.8, 4) is 0 Å². The fourth-order valence-corrected chi connectivity index (χ4v) is 1.51. The highest BCUT2D eigenvalue weighted by molar-refractivity contribution is 5.93. The van der Waals surface area contributed by atoms with Gasteiger partial charge in [0, 0.05) is 11.6 Å². The van der Waals surface area contributed by atoms with Crippen molar-refractivity contribution in [2.75, 3.05) is 13.2 Å². The van der Waals surface area contributed by atoms with Crippen LogP contribution in [-0.2, 0) is 25.5 Å². The standard InChI is InChI=1S/C13H14N2O7/c1-2-21-13(18)14-11(16)8-22-12(17)7-9-5-3-4-6-10(9)15(19)20/h3-6H,2,7-8H2,1H3,(H,14,16,18). The third-order valence-corrected chi connectivity index (χ3v) is 2.40. The summed E-state index contributed by atoms with van der Waals surface area (Å²) in [7, 11) is 0. The molecule has 0 aliphatic heterocycles. The summed E-state index contributed by atoms with van der Waals surface area (Å²) >= 11 is 0. The van der Waals surface area contributed by atoms with Gasteiger partial charge in [-0.15, -0.1) is 0 Å². The number of rotatable bonds is 6. The van der Waals surface area contributed by atoms with Crippen LogP contribution < -0.4 is 5.32 Å². The molecule has 0 spiro atoms. The molecule has 118 valence electrons. The number of nitrogens with zero attached hydrogens (tertiary/aromatic N) is 1. The minimum absolute atomic E-state index is 0.0938. The molecule has 0 radical (unpaired) electrons. The molecule has 22 heavy (non-hydrogen) atoms. The van der Waals surface area contributed by atoms with Crippen molar-refractivity contribution in [1.29, 1.82) is 0 Å². The number of carbonyl (C=O) groups excluding carboxylic acids is 3. The third-order valence-electron chi connectivity index (χ3n) is 2.40. The fraction of sp³-hybridized carbons (Fsp3) is 0.308. The maximum absolute atomic E-state index is 11.6. The van der Waals surface area contributed by atoms with Crippen molar-refractivity contribution < 1.29 is 28.8 Å². The Morgan fingerprint density at radius 1 is 1.23 bits per heavy atom. The second-order valence-electron chi connectivity index (χ2n) is 3.99. The molecule has 1 aromatic carbocycles. The van der Waals surface area contributed by atoms with Crippen LogP contribution in [0.1, 0.15) is 12.5 Å². The predicted molar refractivity (Wildman–Crippen MR) is 72.9 cm³/mol. The molecule has 0 heterocycles. The lowest BCUT2D eigenvalue weighted by molar-refractivity contribution is -0.385. The molecule has 1 N–H and O–H groups in total. The van der Waals surface area contributed by atoms with Crippen molar-refractivity contribution in [3.63, 3.8) is 0 Å². The zero-order chi connectivity index (χ0) is 16.5. The van der Waals surface area contributed by atoms with Crippen LogP contribution in [0.3, 0.4) is 0 Å². The molecule has 1 aromatic rings. The van der Waals surface area contributed by atoms with Crippen LogP contribution in [0.15, 0.2) is 24.3 Å². The summed E-state index contributed by atoms with van der Waals surface area (Å²) in [6, 6.07) is 5.69. The first-order valence-corrected chi connectivity index (χ1v) is 6.28. The van der Waals surface area contributed by atoms with Crippen molar-refractivity contribution in [3.05, 3.63) is 39.9 Å². The van der Waals surface area contributed by atoms with Crippen molar-refractivity contribution >= 4 is 23.7 Å². The second kappa shape index (κ2) is 8.35. The lowest BCUT2D eigenvalue weighted by Crippen LogP contribution is -2.34. The quantitative estimate of drug-likeness (QED) is 0.471. The highest BCUT2D eigenvalue weighted by atomic mass is 16.6. The first-order chi connectivity index (χ1) is 10.4. The summed E-state index contributed by atoms with van der Waals surface area (Å²) in [6.07, 6.45) is -1.30. The number of carbonyl (C=O) groups is 3. The topological polar surface area (TPSA) is 125 Å². The number of esters is 1. The molecule has 0 unspecified atom stereocenters. The van der Waals surface area contributed by atoms with Gasteiger partial charge in [-0.1, -0.05) is 18.2 Å². The zero-order valence-corrected chi connectivity index (χ0v) is 11.7. The Bertz CT molecular complexity index is 586. The summed E-state index contributed by atoms with van der Waals surface area (Å²) < 4.78 is 9.11. The Kier molecular flexibility index (Phi) is 6.48. The van der Waals surface area contributed by atoms with Gasteiger partial charge in [-0.3, -0.25) is 25.0 Å². The maximum atomic E-state index is 11.6. The number of nitro benzene ring substituents is 1. The number of imide groups is 1. The van der Waals surface area contributed by atoms with Gasteiger partial charge in [0.15, 0.2) is 6.61 Å². The molecule has 0 aromatic heterocycles. The average Bonchev–Trinajstić information content (AvgIpc) is 2.45. The van der Waals surface area contributed by atoms with Crippen molar-refractivity contribution in [1.82, 2.24) is 5.32 Å². The Balaban J connectivity index is 2.49. The normalized spacial score (nSPS) is 9.68. The van der Waals surface area contributed by atoms with E-state index >= 15 is 0 Å². The molecule has 0 aliphatic rings. The molecule has 0 atom stereocenters. The van der Waals surface area contributed by atoms with Gasteiger partial charge in [0.1, 0.15) is 0 Å². The summed E-state index contributed by atoms with van der Waals surface area (Å²) in [5, 5.41) is 12.6. The first kappa shape index (κ1) is 17.1. The number of nitrogens with one attached hydrogen (secondary N) is 1. The Labute approximate surface area is 125 Å². The molecular weight excluding hydrogens is 296 g/mol. The molecule has 0 aliphatic carbocycles. The van der Waals surface area contributed by atoms with Crippen LogP contribution in [0.2, 0.25) is 0 Å². The summed E-state index contributed by atoms with van der Waals surface area (Å²) in [4.78, 5) is 43.9. The Hall–Kier alpha value is -2.97. The van der Waals surface area contributed by atoms with Crippen LogP contribution in [0.4, 0.5) is 10.5 Å². The number of hydrogen-bond acceptors (Lipinski definition) is 7. The number of benzene rings is 1. The minimum Gasteiger partial charge on any atom is -0.455 e. The number of amides is 2. The number of alkyl carbamates (subject to hydrolysis) is 1. The SMILES string of the molecule is CCOC(=O)NC(=O)COC(=O)Cc1ccccc1[N+](=O)[O-]. The lowest BCUT2D eigenvalue weighted by Gasteiger charge is -2.06. The van der Waals surface area contributed by atoms with Gasteiger partial charge in [-0.2, -0.15) is 0 Å². The van der Waals surface area contributed by atoms with Crippen molar-refractivity contribution in [2.45, 2.75) is 13.3 Å². The Morgan fingerprint density at radius 3 is 2.55 bits per heavy atom. The van der Waals surface area contributed by atoms with E-state index in [-0.39, 0.29) is 24.3 Å². The Morgan fingerprint density at radius 2 is 1.91 bits per heavy atom. The largest absolute Gasteiger partial charge is 0.455 e. The van der Waals surface area contributed by atoms with Crippen LogP contribution in [0.25, 0.3) is 0 Å². The molecule has 0 fully saturated rings. The average molecular weight is 310 g/mol. The number of ether oxygens (including phenoxy) is 2. The van der Waals surface area contributed by atoms with E-state index < -0.39 is 29.5 Å². The van der Waals surface area contributed by atoms with Gasteiger partial charge in [0.25, 0.3) is 11.6 Å². The smallest absolute Gasteiger partial charge is 0.413 e. The monoisotopic (exact) mass is 310 g/mol. The highest BCUT2D eigenvalue weighted by Crippen LogP contribution is 2.18. The molecule has 9 nitrogen and oxygen atoms in total. The van der Waals surface area contributed by atoms with E-state index in [0.717, 1.165) is 0 Å².